The third-order valence-electron chi connectivity index (χ3n) is 4.85. The molecule has 0 unspecified atom stereocenters. The Morgan fingerprint density at radius 3 is 2.96 bits per heavy atom. The number of rotatable bonds is 4. The lowest BCUT2D eigenvalue weighted by Crippen LogP contribution is -2.00. The molecule has 0 saturated heterocycles. The van der Waals surface area contributed by atoms with E-state index in [1.807, 2.05) is 42.3 Å². The van der Waals surface area contributed by atoms with Crippen LogP contribution in [0.2, 0.25) is 0 Å². The maximum absolute atomic E-state index is 5.88. The number of aromatic nitrogens is 7. The number of nitrogen functional groups attached to an aromatic ring is 1. The number of aryl methyl sites for hydroxylation is 1. The predicted octanol–water partition coefficient (Wildman–Crippen LogP) is 2.63. The maximum atomic E-state index is 5.88. The lowest BCUT2D eigenvalue weighted by Gasteiger charge is -2.06. The van der Waals surface area contributed by atoms with Crippen molar-refractivity contribution in [1.29, 1.82) is 0 Å². The molecule has 0 aliphatic rings. The van der Waals surface area contributed by atoms with Crippen LogP contribution in [-0.4, -0.2) is 35.2 Å². The van der Waals surface area contributed by atoms with Crippen LogP contribution in [0.5, 0.6) is 0 Å². The van der Waals surface area contributed by atoms with Gasteiger partial charge in [-0.15, -0.1) is 5.10 Å². The molecule has 0 spiro atoms. The Morgan fingerprint density at radius 1 is 1.11 bits per heavy atom. The average molecular weight is 370 g/mol. The molecule has 0 atom stereocenters. The Balaban J connectivity index is 1.40. The SMILES string of the molecule is Cc1nccc2ccc(Cn3cc(Cc4cc(N)nc5n[nH]nc45)cn3)cc12. The van der Waals surface area contributed by atoms with E-state index in [0.29, 0.717) is 24.4 Å². The molecule has 138 valence electrons. The highest BCUT2D eigenvalue weighted by molar-refractivity contribution is 5.84. The van der Waals surface area contributed by atoms with Gasteiger partial charge in [-0.3, -0.25) is 9.67 Å². The fourth-order valence-corrected chi connectivity index (χ4v) is 3.51. The molecule has 5 rings (SSSR count). The van der Waals surface area contributed by atoms with Crippen LogP contribution in [0.3, 0.4) is 0 Å². The summed E-state index contributed by atoms with van der Waals surface area (Å²) in [4.78, 5) is 8.56. The fraction of sp³-hybridized carbons (Fsp3) is 0.150. The summed E-state index contributed by atoms with van der Waals surface area (Å²) in [5.41, 5.74) is 11.4. The van der Waals surface area contributed by atoms with E-state index in [0.717, 1.165) is 22.3 Å². The summed E-state index contributed by atoms with van der Waals surface area (Å²) >= 11 is 0. The van der Waals surface area contributed by atoms with Crippen molar-refractivity contribution in [3.8, 4) is 0 Å². The first kappa shape index (κ1) is 16.4. The van der Waals surface area contributed by atoms with Gasteiger partial charge in [-0.1, -0.05) is 12.1 Å². The summed E-state index contributed by atoms with van der Waals surface area (Å²) in [5.74, 6) is 0.434. The number of H-pyrrole nitrogens is 1. The van der Waals surface area contributed by atoms with Crippen LogP contribution in [-0.2, 0) is 13.0 Å². The first-order valence-electron chi connectivity index (χ1n) is 8.97. The van der Waals surface area contributed by atoms with Crippen molar-refractivity contribution in [1.82, 2.24) is 35.2 Å². The molecule has 0 radical (unpaired) electrons. The number of pyridine rings is 2. The quantitative estimate of drug-likeness (QED) is 0.503. The third kappa shape index (κ3) is 2.94. The topological polar surface area (TPSA) is 111 Å². The van der Waals surface area contributed by atoms with Gasteiger partial charge in [0.1, 0.15) is 11.3 Å². The zero-order valence-electron chi connectivity index (χ0n) is 15.3. The van der Waals surface area contributed by atoms with Gasteiger partial charge in [-0.25, -0.2) is 4.98 Å². The molecular formula is C20H18N8. The molecule has 1 aromatic carbocycles. The lowest BCUT2D eigenvalue weighted by atomic mass is 10.1. The van der Waals surface area contributed by atoms with Crippen molar-refractivity contribution < 1.29 is 0 Å². The van der Waals surface area contributed by atoms with Crippen LogP contribution < -0.4 is 5.73 Å². The van der Waals surface area contributed by atoms with E-state index in [-0.39, 0.29) is 0 Å². The molecule has 5 aromatic rings. The van der Waals surface area contributed by atoms with Gasteiger partial charge >= 0.3 is 0 Å². The van der Waals surface area contributed by atoms with Gasteiger partial charge in [0, 0.05) is 29.9 Å². The number of aromatic amines is 1. The molecule has 0 bridgehead atoms. The van der Waals surface area contributed by atoms with E-state index in [4.69, 9.17) is 5.73 Å². The molecule has 8 nitrogen and oxygen atoms in total. The monoisotopic (exact) mass is 370 g/mol. The van der Waals surface area contributed by atoms with E-state index >= 15 is 0 Å². The summed E-state index contributed by atoms with van der Waals surface area (Å²) in [6.07, 6.45) is 6.42. The molecule has 4 aromatic heterocycles. The first-order valence-corrected chi connectivity index (χ1v) is 8.97. The molecule has 28 heavy (non-hydrogen) atoms. The molecule has 8 heteroatoms. The van der Waals surface area contributed by atoms with Crippen molar-refractivity contribution in [3.05, 3.63) is 71.3 Å². The van der Waals surface area contributed by atoms with Crippen LogP contribution in [0, 0.1) is 6.92 Å². The number of nitrogens with one attached hydrogen (secondary N) is 1. The standard InChI is InChI=1S/C20H18N8/c1-12-17-7-13(2-3-15(17)4-5-22-12)10-28-11-14(9-23-28)6-16-8-18(21)24-20-19(16)25-27-26-20/h2-5,7-9,11H,6,10H2,1H3,(H3,21,24,25,26,27). The Hall–Kier alpha value is -3.81. The third-order valence-corrected chi connectivity index (χ3v) is 4.85. The average Bonchev–Trinajstić information content (AvgIpc) is 3.32. The molecule has 3 N–H and O–H groups in total. The van der Waals surface area contributed by atoms with Gasteiger partial charge in [-0.2, -0.15) is 15.4 Å². The van der Waals surface area contributed by atoms with Gasteiger partial charge < -0.3 is 5.73 Å². The van der Waals surface area contributed by atoms with E-state index in [2.05, 4.69) is 48.7 Å². The molecule has 4 heterocycles. The molecule has 0 fully saturated rings. The van der Waals surface area contributed by atoms with Crippen LogP contribution in [0.25, 0.3) is 21.9 Å². The number of nitrogens with zero attached hydrogens (tertiary/aromatic N) is 6. The van der Waals surface area contributed by atoms with Crippen LogP contribution in [0.4, 0.5) is 5.82 Å². The number of hydrogen-bond donors (Lipinski definition) is 2. The van der Waals surface area contributed by atoms with E-state index in [9.17, 15) is 0 Å². The normalized spacial score (nSPS) is 11.5. The summed E-state index contributed by atoms with van der Waals surface area (Å²) < 4.78 is 1.94. The number of nitrogens with two attached hydrogens (primary N) is 1. The van der Waals surface area contributed by atoms with Crippen molar-refractivity contribution in [2.45, 2.75) is 19.9 Å². The molecule has 0 aliphatic carbocycles. The van der Waals surface area contributed by atoms with Crippen molar-refractivity contribution in [3.63, 3.8) is 0 Å². The summed E-state index contributed by atoms with van der Waals surface area (Å²) in [6.45, 7) is 2.73. The minimum absolute atomic E-state index is 0.434. The van der Waals surface area contributed by atoms with E-state index in [1.165, 1.54) is 16.3 Å². The highest BCUT2D eigenvalue weighted by atomic mass is 15.3. The minimum atomic E-state index is 0.434. The Morgan fingerprint density at radius 2 is 2.04 bits per heavy atom. The Labute approximate surface area is 160 Å². The zero-order chi connectivity index (χ0) is 19.1. The van der Waals surface area contributed by atoms with E-state index < -0.39 is 0 Å². The van der Waals surface area contributed by atoms with Gasteiger partial charge in [0.25, 0.3) is 0 Å². The van der Waals surface area contributed by atoms with Crippen molar-refractivity contribution in [2.24, 2.45) is 0 Å². The summed E-state index contributed by atoms with van der Waals surface area (Å²) in [6, 6.07) is 10.3. The van der Waals surface area contributed by atoms with Crippen LogP contribution in [0.1, 0.15) is 22.4 Å². The molecule has 0 amide bonds. The Kier molecular flexibility index (Phi) is 3.75. The Bertz CT molecular complexity index is 1300. The smallest absolute Gasteiger partial charge is 0.203 e. The van der Waals surface area contributed by atoms with Gasteiger partial charge in [0.15, 0.2) is 0 Å². The first-order chi connectivity index (χ1) is 13.7. The second kappa shape index (κ2) is 6.41. The molecular weight excluding hydrogens is 352 g/mol. The summed E-state index contributed by atoms with van der Waals surface area (Å²) in [7, 11) is 0. The van der Waals surface area contributed by atoms with E-state index in [1.54, 1.807) is 0 Å². The second-order valence-corrected chi connectivity index (χ2v) is 6.88. The minimum Gasteiger partial charge on any atom is -0.384 e. The number of benzene rings is 1. The maximum Gasteiger partial charge on any atom is 0.203 e. The predicted molar refractivity (Wildman–Crippen MR) is 107 cm³/mol. The number of anilines is 1. The van der Waals surface area contributed by atoms with Gasteiger partial charge in [-0.05, 0) is 47.2 Å². The highest BCUT2D eigenvalue weighted by Crippen LogP contribution is 2.20. The second-order valence-electron chi connectivity index (χ2n) is 6.88. The van der Waals surface area contributed by atoms with Gasteiger partial charge in [0.05, 0.1) is 12.7 Å². The van der Waals surface area contributed by atoms with Crippen molar-refractivity contribution >= 4 is 27.8 Å². The largest absolute Gasteiger partial charge is 0.384 e. The lowest BCUT2D eigenvalue weighted by molar-refractivity contribution is 0.687. The van der Waals surface area contributed by atoms with Gasteiger partial charge in [0.2, 0.25) is 5.65 Å². The molecule has 0 saturated carbocycles. The van der Waals surface area contributed by atoms with Crippen molar-refractivity contribution in [2.75, 3.05) is 5.73 Å². The van der Waals surface area contributed by atoms with Crippen LogP contribution in [0.15, 0.2) is 48.9 Å². The highest BCUT2D eigenvalue weighted by Gasteiger charge is 2.10. The summed E-state index contributed by atoms with van der Waals surface area (Å²) in [5, 5.41) is 17.7. The van der Waals surface area contributed by atoms with Crippen LogP contribution >= 0.6 is 0 Å². The number of fused-ring (bicyclic) bond motifs is 2. The number of hydrogen-bond acceptors (Lipinski definition) is 6. The molecule has 0 aliphatic heterocycles. The zero-order valence-corrected chi connectivity index (χ0v) is 15.3. The fourth-order valence-electron chi connectivity index (χ4n) is 3.51.